The first-order valence-electron chi connectivity index (χ1n) is 6.26. The first kappa shape index (κ1) is 14.4. The molecule has 7 heteroatoms. The van der Waals surface area contributed by atoms with Crippen LogP contribution in [0.1, 0.15) is 30.5 Å². The van der Waals surface area contributed by atoms with Gasteiger partial charge in [0.15, 0.2) is 5.82 Å². The van der Waals surface area contributed by atoms with Crippen LogP contribution in [-0.4, -0.2) is 45.7 Å². The van der Waals surface area contributed by atoms with E-state index in [0.29, 0.717) is 10.7 Å². The lowest BCUT2D eigenvalue weighted by atomic mass is 10.1. The molecule has 0 fully saturated rings. The average molecular weight is 297 g/mol. The highest BCUT2D eigenvalue weighted by Crippen LogP contribution is 2.32. The van der Waals surface area contributed by atoms with Crippen LogP contribution in [0.15, 0.2) is 0 Å². The minimum Gasteiger partial charge on any atom is -0.309 e. The third-order valence-electron chi connectivity index (χ3n) is 2.73. The van der Waals surface area contributed by atoms with Crippen molar-refractivity contribution in [2.45, 2.75) is 26.2 Å². The van der Waals surface area contributed by atoms with Crippen LogP contribution < -0.4 is 0 Å². The molecule has 104 valence electrons. The third kappa shape index (κ3) is 3.49. The number of thiazole rings is 1. The van der Waals surface area contributed by atoms with Gasteiger partial charge in [-0.1, -0.05) is 13.8 Å². The Labute approximate surface area is 122 Å². The predicted octanol–water partition coefficient (Wildman–Crippen LogP) is 2.82. The van der Waals surface area contributed by atoms with Crippen molar-refractivity contribution in [2.24, 2.45) is 0 Å². The van der Waals surface area contributed by atoms with E-state index in [9.17, 15) is 0 Å². The third-order valence-corrected chi connectivity index (χ3v) is 4.06. The van der Waals surface area contributed by atoms with Crippen molar-refractivity contribution < 1.29 is 0 Å². The molecule has 0 saturated heterocycles. The summed E-state index contributed by atoms with van der Waals surface area (Å²) in [5.41, 5.74) is 1.09. The molecule has 0 aliphatic heterocycles. The van der Waals surface area contributed by atoms with Crippen molar-refractivity contribution in [3.05, 3.63) is 15.5 Å². The van der Waals surface area contributed by atoms with Gasteiger partial charge in [-0.15, -0.1) is 11.3 Å². The Balaban J connectivity index is 2.33. The average Bonchev–Trinajstić information content (AvgIpc) is 2.92. The van der Waals surface area contributed by atoms with Crippen molar-refractivity contribution in [3.63, 3.8) is 0 Å². The van der Waals surface area contributed by atoms with E-state index in [0.717, 1.165) is 34.4 Å². The molecule has 0 amide bonds. The lowest BCUT2D eigenvalue weighted by Crippen LogP contribution is -2.14. The minimum atomic E-state index is 0.373. The highest BCUT2D eigenvalue weighted by Gasteiger charge is 2.17. The smallest absolute Gasteiger partial charge is 0.213 e. The Morgan fingerprint density at radius 3 is 2.53 bits per heavy atom. The highest BCUT2D eigenvalue weighted by molar-refractivity contribution is 7.71. The van der Waals surface area contributed by atoms with Crippen molar-refractivity contribution in [2.75, 3.05) is 20.6 Å². The Morgan fingerprint density at radius 2 is 2.00 bits per heavy atom. The zero-order valence-corrected chi connectivity index (χ0v) is 13.3. The maximum atomic E-state index is 5.01. The van der Waals surface area contributed by atoms with E-state index in [1.54, 1.807) is 11.3 Å². The Morgan fingerprint density at radius 1 is 1.26 bits per heavy atom. The van der Waals surface area contributed by atoms with Crippen LogP contribution in [0, 0.1) is 4.77 Å². The lowest BCUT2D eigenvalue weighted by Gasteiger charge is -2.06. The molecule has 0 atom stereocenters. The van der Waals surface area contributed by atoms with Crippen molar-refractivity contribution in [1.29, 1.82) is 0 Å². The van der Waals surface area contributed by atoms with Crippen molar-refractivity contribution in [1.82, 2.24) is 25.1 Å². The first-order chi connectivity index (χ1) is 8.97. The summed E-state index contributed by atoms with van der Waals surface area (Å²) in [5, 5.41) is 7.00. The van der Waals surface area contributed by atoms with Gasteiger partial charge >= 0.3 is 0 Å². The molecule has 0 spiro atoms. The number of aromatic nitrogens is 4. The number of nitrogens with one attached hydrogen (secondary N) is 2. The SMILES string of the molecule is CC(C)c1nc(CCN(C)C)sc1-c1nc(=S)[nH][nH]1. The van der Waals surface area contributed by atoms with Gasteiger partial charge in [0.25, 0.3) is 0 Å². The van der Waals surface area contributed by atoms with Crippen LogP contribution in [0.5, 0.6) is 0 Å². The summed E-state index contributed by atoms with van der Waals surface area (Å²) in [5.74, 6) is 1.17. The van der Waals surface area contributed by atoms with E-state index in [1.807, 2.05) is 0 Å². The van der Waals surface area contributed by atoms with Gasteiger partial charge in [0, 0.05) is 13.0 Å². The summed E-state index contributed by atoms with van der Waals surface area (Å²) in [7, 11) is 4.14. The zero-order valence-electron chi connectivity index (χ0n) is 11.6. The molecule has 19 heavy (non-hydrogen) atoms. The van der Waals surface area contributed by atoms with E-state index < -0.39 is 0 Å². The van der Waals surface area contributed by atoms with Gasteiger partial charge in [-0.25, -0.2) is 4.98 Å². The molecular weight excluding hydrogens is 278 g/mol. The van der Waals surface area contributed by atoms with Crippen LogP contribution >= 0.6 is 23.6 Å². The number of hydrogen-bond donors (Lipinski definition) is 2. The lowest BCUT2D eigenvalue weighted by molar-refractivity contribution is 0.413. The molecule has 0 unspecified atom stereocenters. The van der Waals surface area contributed by atoms with Crippen LogP contribution in [0.3, 0.4) is 0 Å². The van der Waals surface area contributed by atoms with Gasteiger partial charge in [-0.2, -0.15) is 4.98 Å². The normalized spacial score (nSPS) is 11.7. The maximum Gasteiger partial charge on any atom is 0.213 e. The second kappa shape index (κ2) is 5.94. The summed E-state index contributed by atoms with van der Waals surface area (Å²) >= 11 is 6.71. The van der Waals surface area contributed by atoms with E-state index in [2.05, 4.69) is 48.0 Å². The molecule has 0 radical (unpaired) electrons. The predicted molar refractivity (Wildman–Crippen MR) is 81.2 cm³/mol. The Kier molecular flexibility index (Phi) is 4.49. The fourth-order valence-corrected chi connectivity index (χ4v) is 3.04. The van der Waals surface area contributed by atoms with Gasteiger partial charge in [0.1, 0.15) is 0 Å². The van der Waals surface area contributed by atoms with Gasteiger partial charge in [0.2, 0.25) is 4.77 Å². The van der Waals surface area contributed by atoms with Gasteiger partial charge in [-0.3, -0.25) is 10.2 Å². The largest absolute Gasteiger partial charge is 0.309 e. The molecule has 2 N–H and O–H groups in total. The second-order valence-corrected chi connectivity index (χ2v) is 6.52. The fraction of sp³-hybridized carbons (Fsp3) is 0.583. The van der Waals surface area contributed by atoms with Crippen LogP contribution in [0.25, 0.3) is 10.7 Å². The van der Waals surface area contributed by atoms with Gasteiger partial charge < -0.3 is 4.90 Å². The molecule has 5 nitrogen and oxygen atoms in total. The Bertz CT molecular complexity index is 593. The molecule has 0 saturated carbocycles. The van der Waals surface area contributed by atoms with Crippen LogP contribution in [0.4, 0.5) is 0 Å². The number of H-pyrrole nitrogens is 2. The summed E-state index contributed by atoms with van der Waals surface area (Å²) in [6, 6.07) is 0. The topological polar surface area (TPSA) is 60.6 Å². The maximum absolute atomic E-state index is 5.01. The summed E-state index contributed by atoms with van der Waals surface area (Å²) in [6.45, 7) is 5.30. The first-order valence-corrected chi connectivity index (χ1v) is 7.49. The summed E-state index contributed by atoms with van der Waals surface area (Å²) in [6.07, 6.45) is 0.961. The molecule has 2 heterocycles. The molecule has 0 aliphatic carbocycles. The molecule has 2 aromatic rings. The highest BCUT2D eigenvalue weighted by atomic mass is 32.1. The summed E-state index contributed by atoms with van der Waals surface area (Å²) in [4.78, 5) is 12.3. The summed E-state index contributed by atoms with van der Waals surface area (Å²) < 4.78 is 0.480. The standard InChI is InChI=1S/C12H19N5S2/c1-7(2)9-10(11-14-12(18)16-15-11)19-8(13-9)5-6-17(3)4/h7H,5-6H2,1-4H3,(H2,14,15,16,18). The number of likely N-dealkylation sites (N-methyl/N-ethyl adjacent to an activating group) is 1. The number of hydrogen-bond acceptors (Lipinski definition) is 5. The molecule has 0 aliphatic rings. The van der Waals surface area contributed by atoms with Crippen LogP contribution in [0.2, 0.25) is 0 Å². The molecule has 0 bridgehead atoms. The van der Waals surface area contributed by atoms with Crippen molar-refractivity contribution in [3.8, 4) is 10.7 Å². The van der Waals surface area contributed by atoms with E-state index in [1.165, 1.54) is 0 Å². The van der Waals surface area contributed by atoms with Gasteiger partial charge in [-0.05, 0) is 32.2 Å². The van der Waals surface area contributed by atoms with E-state index in [4.69, 9.17) is 17.2 Å². The number of aromatic amines is 2. The second-order valence-electron chi connectivity index (χ2n) is 5.05. The van der Waals surface area contributed by atoms with Crippen molar-refractivity contribution >= 4 is 23.6 Å². The van der Waals surface area contributed by atoms with E-state index >= 15 is 0 Å². The molecule has 2 aromatic heterocycles. The fourth-order valence-electron chi connectivity index (χ4n) is 1.74. The Hall–Kier alpha value is -1.05. The molecule has 2 rings (SSSR count). The van der Waals surface area contributed by atoms with E-state index in [-0.39, 0.29) is 0 Å². The molecular formula is C12H19N5S2. The number of rotatable bonds is 5. The quantitative estimate of drug-likeness (QED) is 0.833. The monoisotopic (exact) mass is 297 g/mol. The minimum absolute atomic E-state index is 0.373. The number of nitrogens with zero attached hydrogens (tertiary/aromatic N) is 3. The van der Waals surface area contributed by atoms with Gasteiger partial charge in [0.05, 0.1) is 15.6 Å². The zero-order chi connectivity index (χ0) is 14.0. The van der Waals surface area contributed by atoms with Crippen LogP contribution in [-0.2, 0) is 6.42 Å². The molecule has 0 aromatic carbocycles.